The lowest BCUT2D eigenvalue weighted by Crippen LogP contribution is -2.48. The molecule has 17 heavy (non-hydrogen) atoms. The molecule has 0 aromatic carbocycles. The fourth-order valence-electron chi connectivity index (χ4n) is 1.43. The van der Waals surface area contributed by atoms with E-state index >= 15 is 0 Å². The Hall–Kier alpha value is -1.16. The van der Waals surface area contributed by atoms with Crippen molar-refractivity contribution in [2.75, 3.05) is 18.5 Å². The summed E-state index contributed by atoms with van der Waals surface area (Å²) in [4.78, 5) is 11.1. The molecule has 0 aliphatic carbocycles. The number of rotatable bonds is 4. The van der Waals surface area contributed by atoms with Crippen LogP contribution in [0.5, 0.6) is 0 Å². The van der Waals surface area contributed by atoms with Gasteiger partial charge in [0, 0.05) is 30.5 Å². The van der Waals surface area contributed by atoms with E-state index in [0.717, 1.165) is 17.3 Å². The third-order valence-corrected chi connectivity index (χ3v) is 3.16. The van der Waals surface area contributed by atoms with Crippen LogP contribution in [0.4, 0.5) is 5.95 Å². The molecule has 0 aliphatic rings. The van der Waals surface area contributed by atoms with Crippen molar-refractivity contribution < 1.29 is 0 Å². The SMILES string of the molecule is Cc1cc(C(C)C)nc(N(C)C(C)(C)CN)n1. The molecular weight excluding hydrogens is 212 g/mol. The summed E-state index contributed by atoms with van der Waals surface area (Å²) in [5.41, 5.74) is 7.72. The molecule has 0 unspecified atom stereocenters. The highest BCUT2D eigenvalue weighted by Gasteiger charge is 2.24. The van der Waals surface area contributed by atoms with Gasteiger partial charge >= 0.3 is 0 Å². The van der Waals surface area contributed by atoms with Crippen molar-refractivity contribution in [3.63, 3.8) is 0 Å². The first-order chi connectivity index (χ1) is 7.77. The smallest absolute Gasteiger partial charge is 0.226 e. The molecule has 0 amide bonds. The Morgan fingerprint density at radius 2 is 1.94 bits per heavy atom. The van der Waals surface area contributed by atoms with Crippen LogP contribution in [0.1, 0.15) is 45.0 Å². The molecule has 1 rings (SSSR count). The summed E-state index contributed by atoms with van der Waals surface area (Å²) in [5.74, 6) is 1.16. The van der Waals surface area contributed by atoms with Crippen molar-refractivity contribution in [1.29, 1.82) is 0 Å². The normalized spacial score (nSPS) is 12.0. The van der Waals surface area contributed by atoms with E-state index in [1.54, 1.807) is 0 Å². The van der Waals surface area contributed by atoms with Gasteiger partial charge in [-0.15, -0.1) is 0 Å². The Labute approximate surface area is 104 Å². The van der Waals surface area contributed by atoms with Crippen molar-refractivity contribution in [1.82, 2.24) is 9.97 Å². The zero-order valence-electron chi connectivity index (χ0n) is 11.8. The second-order valence-corrected chi connectivity index (χ2v) is 5.46. The van der Waals surface area contributed by atoms with E-state index < -0.39 is 0 Å². The van der Waals surface area contributed by atoms with Gasteiger partial charge in [-0.25, -0.2) is 9.97 Å². The van der Waals surface area contributed by atoms with Gasteiger partial charge in [0.1, 0.15) is 0 Å². The first-order valence-corrected chi connectivity index (χ1v) is 6.07. The van der Waals surface area contributed by atoms with Crippen molar-refractivity contribution in [3.05, 3.63) is 17.5 Å². The van der Waals surface area contributed by atoms with Gasteiger partial charge in [0.25, 0.3) is 0 Å². The number of aryl methyl sites for hydroxylation is 1. The van der Waals surface area contributed by atoms with Crippen LogP contribution in [0.2, 0.25) is 0 Å². The second kappa shape index (κ2) is 5.00. The lowest BCUT2D eigenvalue weighted by Gasteiger charge is -2.34. The minimum Gasteiger partial charge on any atom is -0.337 e. The molecule has 0 atom stereocenters. The van der Waals surface area contributed by atoms with Gasteiger partial charge < -0.3 is 10.6 Å². The lowest BCUT2D eigenvalue weighted by atomic mass is 10.0. The molecule has 0 saturated carbocycles. The summed E-state index contributed by atoms with van der Waals surface area (Å²) in [7, 11) is 1.99. The molecule has 0 fully saturated rings. The van der Waals surface area contributed by atoms with E-state index in [0.29, 0.717) is 12.5 Å². The number of hydrogen-bond acceptors (Lipinski definition) is 4. The number of aromatic nitrogens is 2. The molecule has 1 heterocycles. The molecule has 0 saturated heterocycles. The van der Waals surface area contributed by atoms with Crippen molar-refractivity contribution in [3.8, 4) is 0 Å². The van der Waals surface area contributed by atoms with Crippen LogP contribution in [-0.4, -0.2) is 29.1 Å². The van der Waals surface area contributed by atoms with Gasteiger partial charge in [-0.3, -0.25) is 0 Å². The average molecular weight is 236 g/mol. The Morgan fingerprint density at radius 1 is 1.35 bits per heavy atom. The van der Waals surface area contributed by atoms with Gasteiger partial charge in [-0.1, -0.05) is 13.8 Å². The highest BCUT2D eigenvalue weighted by molar-refractivity contribution is 5.35. The van der Waals surface area contributed by atoms with Crippen LogP contribution < -0.4 is 10.6 Å². The first-order valence-electron chi connectivity index (χ1n) is 6.07. The Bertz CT molecular complexity index is 385. The van der Waals surface area contributed by atoms with Crippen LogP contribution in [0.15, 0.2) is 6.07 Å². The molecule has 0 spiro atoms. The number of nitrogens with two attached hydrogens (primary N) is 1. The van der Waals surface area contributed by atoms with Crippen LogP contribution in [0.25, 0.3) is 0 Å². The molecule has 1 aromatic heterocycles. The number of hydrogen-bond donors (Lipinski definition) is 1. The van der Waals surface area contributed by atoms with Crippen LogP contribution in [0, 0.1) is 6.92 Å². The van der Waals surface area contributed by atoms with Gasteiger partial charge in [-0.2, -0.15) is 0 Å². The summed E-state index contributed by atoms with van der Waals surface area (Å²) < 4.78 is 0. The fourth-order valence-corrected chi connectivity index (χ4v) is 1.43. The molecule has 0 aliphatic heterocycles. The Balaban J connectivity index is 3.14. The van der Waals surface area contributed by atoms with Gasteiger partial charge in [0.05, 0.1) is 0 Å². The highest BCUT2D eigenvalue weighted by Crippen LogP contribution is 2.21. The van der Waals surface area contributed by atoms with Gasteiger partial charge in [0.15, 0.2) is 0 Å². The highest BCUT2D eigenvalue weighted by atomic mass is 15.3. The molecule has 96 valence electrons. The molecule has 0 radical (unpaired) electrons. The van der Waals surface area contributed by atoms with E-state index in [1.165, 1.54) is 0 Å². The standard InChI is InChI=1S/C13H24N4/c1-9(2)11-7-10(3)15-12(16-11)17(6)13(4,5)8-14/h7,9H,8,14H2,1-6H3. The monoisotopic (exact) mass is 236 g/mol. The largest absolute Gasteiger partial charge is 0.337 e. The lowest BCUT2D eigenvalue weighted by molar-refractivity contribution is 0.488. The maximum Gasteiger partial charge on any atom is 0.226 e. The summed E-state index contributed by atoms with van der Waals surface area (Å²) in [5, 5.41) is 0. The van der Waals surface area contributed by atoms with Crippen molar-refractivity contribution >= 4 is 5.95 Å². The number of nitrogens with zero attached hydrogens (tertiary/aromatic N) is 3. The van der Waals surface area contributed by atoms with Gasteiger partial charge in [0.2, 0.25) is 5.95 Å². The predicted octanol–water partition coefficient (Wildman–Crippen LogP) is 2.08. The number of likely N-dealkylation sites (N-methyl/N-ethyl adjacent to an activating group) is 1. The minimum atomic E-state index is -0.137. The third kappa shape index (κ3) is 3.16. The zero-order valence-corrected chi connectivity index (χ0v) is 11.8. The maximum absolute atomic E-state index is 5.78. The zero-order chi connectivity index (χ0) is 13.2. The quantitative estimate of drug-likeness (QED) is 0.869. The average Bonchev–Trinajstić information content (AvgIpc) is 2.27. The molecule has 0 bridgehead atoms. The van der Waals surface area contributed by atoms with Crippen LogP contribution >= 0.6 is 0 Å². The maximum atomic E-state index is 5.78. The van der Waals surface area contributed by atoms with Gasteiger partial charge in [-0.05, 0) is 32.8 Å². The molecular formula is C13H24N4. The summed E-state index contributed by atoms with van der Waals surface area (Å²) in [6.07, 6.45) is 0. The second-order valence-electron chi connectivity index (χ2n) is 5.46. The van der Waals surface area contributed by atoms with E-state index in [9.17, 15) is 0 Å². The van der Waals surface area contributed by atoms with Crippen molar-refractivity contribution in [2.24, 2.45) is 5.73 Å². The van der Waals surface area contributed by atoms with Crippen molar-refractivity contribution in [2.45, 2.75) is 46.1 Å². The predicted molar refractivity (Wildman–Crippen MR) is 72.4 cm³/mol. The van der Waals surface area contributed by atoms with E-state index in [2.05, 4.69) is 37.7 Å². The Morgan fingerprint density at radius 3 is 2.41 bits per heavy atom. The third-order valence-electron chi connectivity index (χ3n) is 3.16. The molecule has 2 N–H and O–H groups in total. The Kier molecular flexibility index (Phi) is 4.09. The number of anilines is 1. The van der Waals surface area contributed by atoms with E-state index in [-0.39, 0.29) is 5.54 Å². The molecule has 4 heteroatoms. The molecule has 1 aromatic rings. The topological polar surface area (TPSA) is 55.0 Å². The summed E-state index contributed by atoms with van der Waals surface area (Å²) >= 11 is 0. The molecule has 4 nitrogen and oxygen atoms in total. The summed E-state index contributed by atoms with van der Waals surface area (Å²) in [6, 6.07) is 2.04. The minimum absolute atomic E-state index is 0.137. The fraction of sp³-hybridized carbons (Fsp3) is 0.692. The summed E-state index contributed by atoms with van der Waals surface area (Å²) in [6.45, 7) is 11.0. The van der Waals surface area contributed by atoms with Crippen LogP contribution in [-0.2, 0) is 0 Å². The van der Waals surface area contributed by atoms with E-state index in [4.69, 9.17) is 5.73 Å². The first kappa shape index (κ1) is 13.9. The van der Waals surface area contributed by atoms with Crippen LogP contribution in [0.3, 0.4) is 0 Å². The van der Waals surface area contributed by atoms with E-state index in [1.807, 2.05) is 24.9 Å².